The zero-order valence-electron chi connectivity index (χ0n) is 12.6. The fourth-order valence-electron chi connectivity index (χ4n) is 2.73. The SMILES string of the molecule is CNCc1ccc(S(=O)(=O)NC2CCCCCCC2)nc1. The van der Waals surface area contributed by atoms with E-state index in [1.165, 1.54) is 19.3 Å². The summed E-state index contributed by atoms with van der Waals surface area (Å²) < 4.78 is 27.6. The van der Waals surface area contributed by atoms with Gasteiger partial charge in [0.2, 0.25) is 0 Å². The highest BCUT2D eigenvalue weighted by Gasteiger charge is 2.21. The highest BCUT2D eigenvalue weighted by atomic mass is 32.2. The Labute approximate surface area is 127 Å². The van der Waals surface area contributed by atoms with Gasteiger partial charge in [0.25, 0.3) is 10.0 Å². The number of sulfonamides is 1. The van der Waals surface area contributed by atoms with E-state index in [1.54, 1.807) is 18.3 Å². The molecule has 5 nitrogen and oxygen atoms in total. The van der Waals surface area contributed by atoms with Crippen LogP contribution < -0.4 is 10.0 Å². The van der Waals surface area contributed by atoms with Gasteiger partial charge in [-0.2, -0.15) is 0 Å². The number of nitrogens with one attached hydrogen (secondary N) is 2. The zero-order valence-corrected chi connectivity index (χ0v) is 13.5. The molecule has 0 amide bonds. The van der Waals surface area contributed by atoms with Crippen LogP contribution in [0.3, 0.4) is 0 Å². The summed E-state index contributed by atoms with van der Waals surface area (Å²) in [5, 5.41) is 3.13. The van der Waals surface area contributed by atoms with Crippen molar-refractivity contribution in [2.75, 3.05) is 7.05 Å². The molecule has 0 atom stereocenters. The molecular weight excluding hydrogens is 286 g/mol. The highest BCUT2D eigenvalue weighted by Crippen LogP contribution is 2.19. The number of pyridine rings is 1. The molecule has 1 aromatic rings. The van der Waals surface area contributed by atoms with E-state index in [2.05, 4.69) is 15.0 Å². The fraction of sp³-hybridized carbons (Fsp3) is 0.667. The number of hydrogen-bond donors (Lipinski definition) is 2. The maximum Gasteiger partial charge on any atom is 0.258 e. The Balaban J connectivity index is 2.02. The number of nitrogens with zero attached hydrogens (tertiary/aromatic N) is 1. The van der Waals surface area contributed by atoms with Gasteiger partial charge in [0.1, 0.15) is 0 Å². The van der Waals surface area contributed by atoms with Crippen LogP contribution in [0.25, 0.3) is 0 Å². The normalized spacial score (nSPS) is 18.1. The lowest BCUT2D eigenvalue weighted by molar-refractivity contribution is 0.426. The molecule has 1 fully saturated rings. The van der Waals surface area contributed by atoms with Crippen LogP contribution in [0.5, 0.6) is 0 Å². The second kappa shape index (κ2) is 7.87. The Morgan fingerprint density at radius 3 is 2.38 bits per heavy atom. The van der Waals surface area contributed by atoms with Gasteiger partial charge in [0.05, 0.1) is 0 Å². The lowest BCUT2D eigenvalue weighted by Gasteiger charge is -2.20. The van der Waals surface area contributed by atoms with Gasteiger partial charge in [-0.3, -0.25) is 0 Å². The molecule has 0 radical (unpaired) electrons. The van der Waals surface area contributed by atoms with Crippen LogP contribution in [-0.4, -0.2) is 26.5 Å². The van der Waals surface area contributed by atoms with Gasteiger partial charge in [0, 0.05) is 18.8 Å². The minimum atomic E-state index is -3.50. The molecule has 0 aliphatic heterocycles. The Morgan fingerprint density at radius 2 is 1.81 bits per heavy atom. The standard InChI is InChI=1S/C15H25N3O2S/c1-16-11-13-9-10-15(17-12-13)21(19,20)18-14-7-5-3-2-4-6-8-14/h9-10,12,14,16,18H,2-8,11H2,1H3. The Bertz CT molecular complexity index is 520. The van der Waals surface area contributed by atoms with Gasteiger partial charge in [-0.25, -0.2) is 18.1 Å². The molecule has 0 aromatic carbocycles. The van der Waals surface area contributed by atoms with Gasteiger partial charge in [0.15, 0.2) is 5.03 Å². The van der Waals surface area contributed by atoms with Crippen molar-refractivity contribution >= 4 is 10.0 Å². The molecule has 1 saturated carbocycles. The van der Waals surface area contributed by atoms with Crippen molar-refractivity contribution in [1.29, 1.82) is 0 Å². The second-order valence-corrected chi connectivity index (χ2v) is 7.36. The van der Waals surface area contributed by atoms with Crippen LogP contribution in [0.2, 0.25) is 0 Å². The summed E-state index contributed by atoms with van der Waals surface area (Å²) in [6, 6.07) is 3.43. The number of hydrogen-bond acceptors (Lipinski definition) is 4. The smallest absolute Gasteiger partial charge is 0.258 e. The summed E-state index contributed by atoms with van der Waals surface area (Å²) in [6.07, 6.45) is 9.35. The van der Waals surface area contributed by atoms with Crippen molar-refractivity contribution in [2.24, 2.45) is 0 Å². The Kier molecular flexibility index (Phi) is 6.14. The summed E-state index contributed by atoms with van der Waals surface area (Å²) in [4.78, 5) is 4.09. The molecule has 2 rings (SSSR count). The third-order valence-corrected chi connectivity index (χ3v) is 5.32. The van der Waals surface area contributed by atoms with Crippen LogP contribution in [0.15, 0.2) is 23.4 Å². The van der Waals surface area contributed by atoms with Crippen molar-refractivity contribution in [2.45, 2.75) is 62.6 Å². The van der Waals surface area contributed by atoms with E-state index in [9.17, 15) is 8.42 Å². The summed E-state index contributed by atoms with van der Waals surface area (Å²) in [6.45, 7) is 0.684. The monoisotopic (exact) mass is 311 g/mol. The van der Waals surface area contributed by atoms with E-state index in [0.717, 1.165) is 31.2 Å². The molecule has 2 N–H and O–H groups in total. The lowest BCUT2D eigenvalue weighted by Crippen LogP contribution is -2.35. The van der Waals surface area contributed by atoms with Gasteiger partial charge in [-0.05, 0) is 31.5 Å². The molecule has 1 aliphatic carbocycles. The van der Waals surface area contributed by atoms with E-state index in [-0.39, 0.29) is 11.1 Å². The maximum atomic E-state index is 12.4. The van der Waals surface area contributed by atoms with Crippen molar-refractivity contribution < 1.29 is 8.42 Å². The lowest BCUT2D eigenvalue weighted by atomic mass is 9.97. The number of rotatable bonds is 5. The van der Waals surface area contributed by atoms with E-state index in [0.29, 0.717) is 6.54 Å². The van der Waals surface area contributed by atoms with Gasteiger partial charge in [-0.1, -0.05) is 38.2 Å². The minimum absolute atomic E-state index is 0.0501. The zero-order chi connectivity index (χ0) is 15.1. The molecule has 1 heterocycles. The van der Waals surface area contributed by atoms with E-state index >= 15 is 0 Å². The molecule has 118 valence electrons. The van der Waals surface area contributed by atoms with Crippen molar-refractivity contribution in [3.05, 3.63) is 23.9 Å². The van der Waals surface area contributed by atoms with Gasteiger partial charge < -0.3 is 5.32 Å². The molecule has 1 aromatic heterocycles. The van der Waals surface area contributed by atoms with Crippen LogP contribution in [0.1, 0.15) is 50.5 Å². The quantitative estimate of drug-likeness (QED) is 0.874. The third kappa shape index (κ3) is 5.05. The minimum Gasteiger partial charge on any atom is -0.316 e. The first kappa shape index (κ1) is 16.4. The van der Waals surface area contributed by atoms with Crippen LogP contribution in [-0.2, 0) is 16.6 Å². The van der Waals surface area contributed by atoms with E-state index in [1.807, 2.05) is 7.05 Å². The third-order valence-electron chi connectivity index (χ3n) is 3.88. The summed E-state index contributed by atoms with van der Waals surface area (Å²) in [5.41, 5.74) is 0.974. The van der Waals surface area contributed by atoms with Crippen molar-refractivity contribution in [1.82, 2.24) is 15.0 Å². The molecule has 1 aliphatic rings. The molecule has 0 saturated heterocycles. The molecule has 0 unspecified atom stereocenters. The first-order valence-corrected chi connectivity index (χ1v) is 9.22. The largest absolute Gasteiger partial charge is 0.316 e. The van der Waals surface area contributed by atoms with Gasteiger partial charge in [-0.15, -0.1) is 0 Å². The van der Waals surface area contributed by atoms with Crippen LogP contribution in [0.4, 0.5) is 0 Å². The first-order valence-electron chi connectivity index (χ1n) is 7.74. The van der Waals surface area contributed by atoms with E-state index in [4.69, 9.17) is 0 Å². The summed E-state index contributed by atoms with van der Waals surface area (Å²) in [5.74, 6) is 0. The molecule has 0 spiro atoms. The van der Waals surface area contributed by atoms with E-state index < -0.39 is 10.0 Å². The summed E-state index contributed by atoms with van der Waals surface area (Å²) in [7, 11) is -1.65. The highest BCUT2D eigenvalue weighted by molar-refractivity contribution is 7.89. The maximum absolute atomic E-state index is 12.4. The Morgan fingerprint density at radius 1 is 1.14 bits per heavy atom. The van der Waals surface area contributed by atoms with Gasteiger partial charge >= 0.3 is 0 Å². The van der Waals surface area contributed by atoms with Crippen molar-refractivity contribution in [3.8, 4) is 0 Å². The van der Waals surface area contributed by atoms with Crippen LogP contribution >= 0.6 is 0 Å². The van der Waals surface area contributed by atoms with Crippen molar-refractivity contribution in [3.63, 3.8) is 0 Å². The molecule has 0 bridgehead atoms. The summed E-state index contributed by atoms with van der Waals surface area (Å²) >= 11 is 0. The molecular formula is C15H25N3O2S. The predicted molar refractivity (Wildman–Crippen MR) is 83.4 cm³/mol. The van der Waals surface area contributed by atoms with Crippen LogP contribution in [0, 0.1) is 0 Å². The first-order chi connectivity index (χ1) is 10.1. The average molecular weight is 311 g/mol. The topological polar surface area (TPSA) is 71.1 Å². The second-order valence-electron chi connectivity index (χ2n) is 5.70. The molecule has 6 heteroatoms. The number of aromatic nitrogens is 1. The molecule has 21 heavy (non-hydrogen) atoms. The predicted octanol–water partition coefficient (Wildman–Crippen LogP) is 2.19. The average Bonchev–Trinajstić information content (AvgIpc) is 2.43. The Hall–Kier alpha value is -0.980. The fourth-order valence-corrected chi connectivity index (χ4v) is 3.97.